The maximum Gasteiger partial charge on any atom is 0.189 e. The lowest BCUT2D eigenvalue weighted by Gasteiger charge is -2.30. The van der Waals surface area contributed by atoms with E-state index in [9.17, 15) is 4.39 Å². The summed E-state index contributed by atoms with van der Waals surface area (Å²) in [5.41, 5.74) is 2.93. The third kappa shape index (κ3) is 1.94. The van der Waals surface area contributed by atoms with Gasteiger partial charge >= 0.3 is 0 Å². The van der Waals surface area contributed by atoms with Crippen LogP contribution in [-0.4, -0.2) is 19.8 Å². The lowest BCUT2D eigenvalue weighted by Crippen LogP contribution is -2.31. The predicted octanol–water partition coefficient (Wildman–Crippen LogP) is 2.96. The van der Waals surface area contributed by atoms with E-state index < -0.39 is 0 Å². The van der Waals surface area contributed by atoms with Crippen LogP contribution in [0.5, 0.6) is 0 Å². The van der Waals surface area contributed by atoms with E-state index in [0.29, 0.717) is 12.2 Å². The molecule has 3 heteroatoms. The number of benzene rings is 1. The van der Waals surface area contributed by atoms with Crippen LogP contribution in [0, 0.1) is 6.57 Å². The van der Waals surface area contributed by atoms with Gasteiger partial charge < -0.3 is 4.90 Å². The second-order valence-electron chi connectivity index (χ2n) is 3.70. The van der Waals surface area contributed by atoms with E-state index in [2.05, 4.69) is 4.85 Å². The second-order valence-corrected chi connectivity index (χ2v) is 3.70. The van der Waals surface area contributed by atoms with Gasteiger partial charge in [0.1, 0.15) is 6.67 Å². The van der Waals surface area contributed by atoms with Crippen molar-refractivity contribution < 1.29 is 4.39 Å². The Hall–Kier alpha value is -1.56. The zero-order chi connectivity index (χ0) is 10.7. The van der Waals surface area contributed by atoms with Crippen LogP contribution < -0.4 is 4.90 Å². The molecule has 0 aromatic heterocycles. The molecule has 1 aliphatic heterocycles. The van der Waals surface area contributed by atoms with Crippen LogP contribution >= 0.6 is 0 Å². The van der Waals surface area contributed by atoms with Crippen molar-refractivity contribution in [2.24, 2.45) is 0 Å². The second kappa shape index (κ2) is 4.31. The fourth-order valence-corrected chi connectivity index (χ4v) is 2.04. The smallest absolute Gasteiger partial charge is 0.189 e. The number of alkyl halides is 1. The maximum atomic E-state index is 12.4. The van der Waals surface area contributed by atoms with Gasteiger partial charge in [-0.2, -0.15) is 0 Å². The van der Waals surface area contributed by atoms with Gasteiger partial charge in [-0.3, -0.25) is 0 Å². The summed E-state index contributed by atoms with van der Waals surface area (Å²) >= 11 is 0. The normalized spacial score (nSPS) is 14.5. The Morgan fingerprint density at radius 3 is 3.07 bits per heavy atom. The molecule has 1 aromatic carbocycles. The Balaban J connectivity index is 2.36. The zero-order valence-corrected chi connectivity index (χ0v) is 8.54. The quantitative estimate of drug-likeness (QED) is 0.672. The Bertz CT molecular complexity index is 395. The van der Waals surface area contributed by atoms with Crippen molar-refractivity contribution in [1.29, 1.82) is 0 Å². The number of nitrogens with zero attached hydrogens (tertiary/aromatic N) is 2. The molecule has 0 amide bonds. The number of rotatable bonds is 2. The van der Waals surface area contributed by atoms with Crippen molar-refractivity contribution in [1.82, 2.24) is 0 Å². The molecule has 0 spiro atoms. The first kappa shape index (κ1) is 9.97. The van der Waals surface area contributed by atoms with Crippen LogP contribution in [0.1, 0.15) is 12.0 Å². The summed E-state index contributed by atoms with van der Waals surface area (Å²) in [6.45, 7) is 7.97. The minimum atomic E-state index is -0.332. The van der Waals surface area contributed by atoms with Gasteiger partial charge in [0.15, 0.2) is 5.69 Å². The lowest BCUT2D eigenvalue weighted by atomic mass is 10.0. The summed E-state index contributed by atoms with van der Waals surface area (Å²) in [7, 11) is 0. The first-order valence-corrected chi connectivity index (χ1v) is 5.16. The molecule has 0 unspecified atom stereocenters. The molecule has 1 aromatic rings. The fourth-order valence-electron chi connectivity index (χ4n) is 2.04. The molecule has 0 saturated carbocycles. The largest absolute Gasteiger partial charge is 0.370 e. The summed E-state index contributed by atoms with van der Waals surface area (Å²) in [6, 6.07) is 5.70. The molecule has 0 N–H and O–H groups in total. The van der Waals surface area contributed by atoms with E-state index in [1.807, 2.05) is 23.1 Å². The van der Waals surface area contributed by atoms with Crippen LogP contribution in [0.25, 0.3) is 4.85 Å². The molecule has 78 valence electrons. The van der Waals surface area contributed by atoms with E-state index in [-0.39, 0.29) is 6.67 Å². The van der Waals surface area contributed by atoms with Gasteiger partial charge in [0.05, 0.1) is 6.57 Å². The summed E-state index contributed by atoms with van der Waals surface area (Å²) < 4.78 is 12.4. The maximum absolute atomic E-state index is 12.4. The van der Waals surface area contributed by atoms with Gasteiger partial charge in [0, 0.05) is 18.8 Å². The molecular formula is C12H13FN2. The van der Waals surface area contributed by atoms with Crippen LogP contribution in [-0.2, 0) is 6.42 Å². The molecule has 2 rings (SSSR count). The van der Waals surface area contributed by atoms with E-state index in [1.165, 1.54) is 5.56 Å². The van der Waals surface area contributed by atoms with Crippen LogP contribution in [0.3, 0.4) is 0 Å². The van der Waals surface area contributed by atoms with Crippen LogP contribution in [0.4, 0.5) is 15.8 Å². The average molecular weight is 204 g/mol. The molecule has 2 nitrogen and oxygen atoms in total. The third-order valence-corrected chi connectivity index (χ3v) is 2.77. The highest BCUT2D eigenvalue weighted by atomic mass is 19.1. The molecule has 0 bridgehead atoms. The molecule has 15 heavy (non-hydrogen) atoms. The van der Waals surface area contributed by atoms with Gasteiger partial charge in [-0.15, -0.1) is 0 Å². The van der Waals surface area contributed by atoms with Crippen molar-refractivity contribution in [3.05, 3.63) is 35.2 Å². The van der Waals surface area contributed by atoms with Gasteiger partial charge in [-0.1, -0.05) is 12.1 Å². The van der Waals surface area contributed by atoms with Crippen molar-refractivity contribution in [2.45, 2.75) is 12.8 Å². The third-order valence-electron chi connectivity index (χ3n) is 2.77. The number of halogens is 1. The topological polar surface area (TPSA) is 7.60 Å². The zero-order valence-electron chi connectivity index (χ0n) is 8.54. The molecule has 0 fully saturated rings. The molecule has 1 aliphatic rings. The van der Waals surface area contributed by atoms with Crippen molar-refractivity contribution in [2.75, 3.05) is 24.7 Å². The summed E-state index contributed by atoms with van der Waals surface area (Å²) in [4.78, 5) is 5.44. The first-order chi connectivity index (χ1) is 7.35. The number of anilines is 1. The monoisotopic (exact) mass is 204 g/mol. The molecule has 0 radical (unpaired) electrons. The van der Waals surface area contributed by atoms with E-state index in [4.69, 9.17) is 6.57 Å². The van der Waals surface area contributed by atoms with Crippen LogP contribution in [0.2, 0.25) is 0 Å². The Labute approximate surface area is 89.1 Å². The van der Waals surface area contributed by atoms with Crippen molar-refractivity contribution >= 4 is 11.4 Å². The highest BCUT2D eigenvalue weighted by Gasteiger charge is 2.16. The van der Waals surface area contributed by atoms with E-state index in [0.717, 1.165) is 25.1 Å². The molecule has 1 heterocycles. The number of aryl methyl sites for hydroxylation is 1. The highest BCUT2D eigenvalue weighted by Crippen LogP contribution is 2.30. The molecule has 0 atom stereocenters. The van der Waals surface area contributed by atoms with Gasteiger partial charge in [-0.05, 0) is 24.5 Å². The van der Waals surface area contributed by atoms with E-state index >= 15 is 0 Å². The Morgan fingerprint density at radius 2 is 2.33 bits per heavy atom. The average Bonchev–Trinajstić information content (AvgIpc) is 2.29. The summed E-state index contributed by atoms with van der Waals surface area (Å²) in [6.07, 6.45) is 2.11. The minimum absolute atomic E-state index is 0.332. The standard InChI is InChI=1S/C12H13FN2/c1-14-11-5-4-10-3-2-7-15(8-6-13)12(10)9-11/h4-5,9H,2-3,6-8H2. The highest BCUT2D eigenvalue weighted by molar-refractivity contribution is 5.64. The number of hydrogen-bond donors (Lipinski definition) is 0. The lowest BCUT2D eigenvalue weighted by molar-refractivity contribution is 0.485. The van der Waals surface area contributed by atoms with E-state index in [1.54, 1.807) is 0 Å². The van der Waals surface area contributed by atoms with Gasteiger partial charge in [0.2, 0.25) is 0 Å². The van der Waals surface area contributed by atoms with Crippen molar-refractivity contribution in [3.8, 4) is 0 Å². The number of hydrogen-bond acceptors (Lipinski definition) is 1. The summed E-state index contributed by atoms with van der Waals surface area (Å²) in [5, 5.41) is 0. The predicted molar refractivity (Wildman–Crippen MR) is 59.2 cm³/mol. The fraction of sp³-hybridized carbons (Fsp3) is 0.417. The molecule has 0 aliphatic carbocycles. The molecule has 0 saturated heterocycles. The minimum Gasteiger partial charge on any atom is -0.370 e. The van der Waals surface area contributed by atoms with Crippen LogP contribution in [0.15, 0.2) is 18.2 Å². The van der Waals surface area contributed by atoms with Gasteiger partial charge in [0.25, 0.3) is 0 Å². The molecular weight excluding hydrogens is 191 g/mol. The Morgan fingerprint density at radius 1 is 1.47 bits per heavy atom. The summed E-state index contributed by atoms with van der Waals surface area (Å²) in [5.74, 6) is 0. The van der Waals surface area contributed by atoms with Crippen molar-refractivity contribution in [3.63, 3.8) is 0 Å². The Kier molecular flexibility index (Phi) is 2.86. The number of fused-ring (bicyclic) bond motifs is 1. The van der Waals surface area contributed by atoms with Gasteiger partial charge in [-0.25, -0.2) is 9.24 Å². The first-order valence-electron chi connectivity index (χ1n) is 5.16. The SMILES string of the molecule is [C-]#[N+]c1ccc2c(c1)N(CCF)CCC2.